The molecule has 0 heterocycles. The molecule has 3 atom stereocenters. The van der Waals surface area contributed by atoms with Crippen molar-refractivity contribution < 1.29 is 4.39 Å². The largest absolute Gasteiger partial charge is 0.314 e. The topological polar surface area (TPSA) is 12.0 Å². The first-order valence-electron chi connectivity index (χ1n) is 7.60. The van der Waals surface area contributed by atoms with Crippen LogP contribution in [0.5, 0.6) is 0 Å². The van der Waals surface area contributed by atoms with Crippen molar-refractivity contribution in [1.29, 1.82) is 0 Å². The molecular weight excluding hydrogens is 237 g/mol. The lowest BCUT2D eigenvalue weighted by molar-refractivity contribution is 0.298. The van der Waals surface area contributed by atoms with Crippen LogP contribution >= 0.6 is 0 Å². The van der Waals surface area contributed by atoms with Gasteiger partial charge in [0.05, 0.1) is 0 Å². The van der Waals surface area contributed by atoms with Crippen molar-refractivity contribution in [1.82, 2.24) is 5.32 Å². The highest BCUT2D eigenvalue weighted by atomic mass is 19.1. The maximum absolute atomic E-state index is 13.2. The van der Waals surface area contributed by atoms with Gasteiger partial charge in [-0.05, 0) is 61.4 Å². The van der Waals surface area contributed by atoms with E-state index in [1.54, 1.807) is 12.1 Å². The Labute approximate surface area is 116 Å². The van der Waals surface area contributed by atoms with Crippen LogP contribution in [0.2, 0.25) is 0 Å². The van der Waals surface area contributed by atoms with Crippen LogP contribution in [0.4, 0.5) is 4.39 Å². The Morgan fingerprint density at radius 3 is 2.74 bits per heavy atom. The van der Waals surface area contributed by atoms with Gasteiger partial charge < -0.3 is 5.32 Å². The molecule has 1 aromatic carbocycles. The number of aryl methyl sites for hydroxylation is 1. The monoisotopic (exact) mass is 263 g/mol. The summed E-state index contributed by atoms with van der Waals surface area (Å²) in [7, 11) is 0. The van der Waals surface area contributed by atoms with Crippen LogP contribution in [0.15, 0.2) is 18.2 Å². The van der Waals surface area contributed by atoms with Crippen molar-refractivity contribution >= 4 is 0 Å². The van der Waals surface area contributed by atoms with Crippen LogP contribution in [-0.4, -0.2) is 12.6 Å². The molecule has 1 saturated carbocycles. The molecule has 1 nitrogen and oxygen atoms in total. The first kappa shape index (κ1) is 14.5. The molecule has 106 valence electrons. The van der Waals surface area contributed by atoms with Gasteiger partial charge in [-0.2, -0.15) is 0 Å². The summed E-state index contributed by atoms with van der Waals surface area (Å²) in [6, 6.07) is 5.72. The van der Waals surface area contributed by atoms with E-state index in [4.69, 9.17) is 0 Å². The fourth-order valence-corrected chi connectivity index (χ4v) is 3.53. The molecule has 0 radical (unpaired) electrons. The number of likely N-dealkylation sites (N-methyl/N-ethyl adjacent to an activating group) is 1. The highest BCUT2D eigenvalue weighted by Crippen LogP contribution is 2.35. The smallest absolute Gasteiger partial charge is 0.123 e. The minimum Gasteiger partial charge on any atom is -0.314 e. The van der Waals surface area contributed by atoms with E-state index in [1.807, 2.05) is 13.0 Å². The number of benzene rings is 1. The second-order valence-electron chi connectivity index (χ2n) is 6.01. The Hall–Kier alpha value is -0.890. The second kappa shape index (κ2) is 6.51. The number of nitrogens with one attached hydrogen (secondary N) is 1. The molecule has 1 N–H and O–H groups in total. The molecule has 0 spiro atoms. The van der Waals surface area contributed by atoms with Gasteiger partial charge in [0.1, 0.15) is 5.82 Å². The molecule has 3 unspecified atom stereocenters. The molecule has 1 aliphatic carbocycles. The van der Waals surface area contributed by atoms with Crippen molar-refractivity contribution in [3.63, 3.8) is 0 Å². The summed E-state index contributed by atoms with van der Waals surface area (Å²) in [6.07, 6.45) is 5.07. The van der Waals surface area contributed by atoms with E-state index in [2.05, 4.69) is 19.2 Å². The molecule has 0 amide bonds. The van der Waals surface area contributed by atoms with Crippen molar-refractivity contribution in [3.05, 3.63) is 35.1 Å². The van der Waals surface area contributed by atoms with Crippen LogP contribution in [0.3, 0.4) is 0 Å². The van der Waals surface area contributed by atoms with Gasteiger partial charge in [-0.3, -0.25) is 0 Å². The first-order chi connectivity index (χ1) is 9.11. The van der Waals surface area contributed by atoms with Crippen LogP contribution in [0.25, 0.3) is 0 Å². The van der Waals surface area contributed by atoms with Crippen LogP contribution in [0.1, 0.15) is 44.2 Å². The zero-order chi connectivity index (χ0) is 13.8. The quantitative estimate of drug-likeness (QED) is 0.843. The number of hydrogen-bond acceptors (Lipinski definition) is 1. The van der Waals surface area contributed by atoms with Crippen LogP contribution < -0.4 is 5.32 Å². The third-order valence-electron chi connectivity index (χ3n) is 4.66. The minimum atomic E-state index is -0.129. The summed E-state index contributed by atoms with van der Waals surface area (Å²) in [6.45, 7) is 7.57. The average molecular weight is 263 g/mol. The van der Waals surface area contributed by atoms with Gasteiger partial charge in [0, 0.05) is 6.04 Å². The van der Waals surface area contributed by atoms with Crippen molar-refractivity contribution in [3.8, 4) is 0 Å². The highest BCUT2D eigenvalue weighted by molar-refractivity contribution is 5.27. The Balaban J connectivity index is 2.11. The molecular formula is C17H26FN. The fraction of sp³-hybridized carbons (Fsp3) is 0.647. The fourth-order valence-electron chi connectivity index (χ4n) is 3.53. The maximum atomic E-state index is 13.2. The SMILES string of the molecule is CCNC(Cc1ccc(F)cc1C)C1CCCC1C. The Kier molecular flexibility index (Phi) is 4.98. The van der Waals surface area contributed by atoms with Crippen molar-refractivity contribution in [2.45, 2.75) is 52.5 Å². The van der Waals surface area contributed by atoms with Gasteiger partial charge in [0.2, 0.25) is 0 Å². The summed E-state index contributed by atoms with van der Waals surface area (Å²) in [5.74, 6) is 1.45. The standard InChI is InChI=1S/C17H26FN/c1-4-19-17(16-7-5-6-12(16)2)11-14-8-9-15(18)10-13(14)3/h8-10,12,16-17,19H,4-7,11H2,1-3H3. The number of rotatable bonds is 5. The number of hydrogen-bond donors (Lipinski definition) is 1. The van der Waals surface area contributed by atoms with Gasteiger partial charge in [0.15, 0.2) is 0 Å². The summed E-state index contributed by atoms with van der Waals surface area (Å²) >= 11 is 0. The zero-order valence-electron chi connectivity index (χ0n) is 12.4. The third-order valence-corrected chi connectivity index (χ3v) is 4.66. The van der Waals surface area contributed by atoms with E-state index >= 15 is 0 Å². The molecule has 0 aromatic heterocycles. The van der Waals surface area contributed by atoms with Gasteiger partial charge in [0.25, 0.3) is 0 Å². The Bertz CT molecular complexity index is 416. The van der Waals surface area contributed by atoms with Gasteiger partial charge in [-0.15, -0.1) is 0 Å². The van der Waals surface area contributed by atoms with Crippen molar-refractivity contribution in [2.24, 2.45) is 11.8 Å². The molecule has 1 fully saturated rings. The lowest BCUT2D eigenvalue weighted by Crippen LogP contribution is -2.39. The average Bonchev–Trinajstić information content (AvgIpc) is 2.78. The Morgan fingerprint density at radius 1 is 1.37 bits per heavy atom. The lowest BCUT2D eigenvalue weighted by atomic mass is 9.85. The van der Waals surface area contributed by atoms with Crippen LogP contribution in [0, 0.1) is 24.6 Å². The predicted molar refractivity (Wildman–Crippen MR) is 78.8 cm³/mol. The summed E-state index contributed by atoms with van der Waals surface area (Å²) in [5.41, 5.74) is 2.36. The first-order valence-corrected chi connectivity index (χ1v) is 7.60. The van der Waals surface area contributed by atoms with E-state index in [1.165, 1.54) is 24.8 Å². The van der Waals surface area contributed by atoms with Gasteiger partial charge in [-0.25, -0.2) is 4.39 Å². The van der Waals surface area contributed by atoms with Crippen LogP contribution in [-0.2, 0) is 6.42 Å². The van der Waals surface area contributed by atoms with Gasteiger partial charge >= 0.3 is 0 Å². The summed E-state index contributed by atoms with van der Waals surface area (Å²) < 4.78 is 13.2. The highest BCUT2D eigenvalue weighted by Gasteiger charge is 2.30. The molecule has 1 aromatic rings. The molecule has 1 aliphatic rings. The second-order valence-corrected chi connectivity index (χ2v) is 6.01. The molecule has 2 heteroatoms. The van der Waals surface area contributed by atoms with Gasteiger partial charge in [-0.1, -0.05) is 32.8 Å². The predicted octanol–water partition coefficient (Wildman–Crippen LogP) is 4.09. The van der Waals surface area contributed by atoms with E-state index in [9.17, 15) is 4.39 Å². The third kappa shape index (κ3) is 3.56. The summed E-state index contributed by atoms with van der Waals surface area (Å²) in [5, 5.41) is 3.65. The normalized spacial score (nSPS) is 24.6. The Morgan fingerprint density at radius 2 is 2.16 bits per heavy atom. The molecule has 0 bridgehead atoms. The summed E-state index contributed by atoms with van der Waals surface area (Å²) in [4.78, 5) is 0. The zero-order valence-corrected chi connectivity index (χ0v) is 12.4. The van der Waals surface area contributed by atoms with Crippen molar-refractivity contribution in [2.75, 3.05) is 6.54 Å². The molecule has 2 rings (SSSR count). The maximum Gasteiger partial charge on any atom is 0.123 e. The molecule has 0 saturated heterocycles. The van der Waals surface area contributed by atoms with E-state index in [-0.39, 0.29) is 5.82 Å². The van der Waals surface area contributed by atoms with E-state index < -0.39 is 0 Å². The lowest BCUT2D eigenvalue weighted by Gasteiger charge is -2.28. The molecule has 19 heavy (non-hydrogen) atoms. The molecule has 0 aliphatic heterocycles. The minimum absolute atomic E-state index is 0.129. The number of halogens is 1. The van der Waals surface area contributed by atoms with E-state index in [0.29, 0.717) is 6.04 Å². The van der Waals surface area contributed by atoms with E-state index in [0.717, 1.165) is 30.4 Å².